The van der Waals surface area contributed by atoms with Crippen LogP contribution in [0.2, 0.25) is 0 Å². The molecule has 2 heterocycles. The van der Waals surface area contributed by atoms with Crippen molar-refractivity contribution in [2.24, 2.45) is 0 Å². The number of amides is 1. The number of fused-ring (bicyclic) bond motifs is 1. The second-order valence-electron chi connectivity index (χ2n) is 5.64. The Kier molecular flexibility index (Phi) is 5.56. The molecule has 27 heavy (non-hydrogen) atoms. The van der Waals surface area contributed by atoms with E-state index in [0.717, 1.165) is 17.3 Å². The normalized spacial score (nSPS) is 10.6. The number of hydrogen-bond acceptors (Lipinski definition) is 6. The number of nitrogens with zero attached hydrogens (tertiary/aromatic N) is 2. The maximum atomic E-state index is 12.5. The predicted octanol–water partition coefficient (Wildman–Crippen LogP) is 3.50. The lowest BCUT2D eigenvalue weighted by molar-refractivity contribution is 0.0523. The van der Waals surface area contributed by atoms with E-state index in [2.05, 4.69) is 10.3 Å². The summed E-state index contributed by atoms with van der Waals surface area (Å²) in [6.07, 6.45) is 2.67. The summed E-state index contributed by atoms with van der Waals surface area (Å²) < 4.78 is 6.10. The van der Waals surface area contributed by atoms with Crippen molar-refractivity contribution in [3.05, 3.63) is 70.3 Å². The lowest BCUT2D eigenvalue weighted by atomic mass is 10.2. The van der Waals surface area contributed by atoms with Gasteiger partial charge in [-0.15, -0.1) is 0 Å². The molecule has 0 aliphatic rings. The Bertz CT molecular complexity index is 1060. The molecule has 0 unspecified atom stereocenters. The predicted molar refractivity (Wildman–Crippen MR) is 103 cm³/mol. The molecule has 8 heteroatoms. The van der Waals surface area contributed by atoms with Gasteiger partial charge in [0, 0.05) is 18.1 Å². The monoisotopic (exact) mass is 383 g/mol. The summed E-state index contributed by atoms with van der Waals surface area (Å²) in [5, 5.41) is 2.47. The molecular weight excluding hydrogens is 366 g/mol. The summed E-state index contributed by atoms with van der Waals surface area (Å²) in [4.78, 5) is 41.4. The third-order valence-corrected chi connectivity index (χ3v) is 4.52. The van der Waals surface area contributed by atoms with Crippen molar-refractivity contribution in [2.45, 2.75) is 18.7 Å². The fourth-order valence-corrected chi connectivity index (χ4v) is 3.15. The maximum Gasteiger partial charge on any atom is 0.345 e. The molecule has 0 spiro atoms. The molecule has 0 fully saturated rings. The molecule has 2 aromatic heterocycles. The van der Waals surface area contributed by atoms with E-state index in [1.165, 1.54) is 16.8 Å². The van der Waals surface area contributed by atoms with Gasteiger partial charge in [-0.05, 0) is 49.9 Å². The topological polar surface area (TPSA) is 89.8 Å². The van der Waals surface area contributed by atoms with Crippen LogP contribution >= 0.6 is 11.8 Å². The van der Waals surface area contributed by atoms with Gasteiger partial charge in [0.2, 0.25) is 0 Å². The number of thioether (sulfide) groups is 1. The molecule has 7 nitrogen and oxygen atoms in total. The van der Waals surface area contributed by atoms with E-state index in [0.29, 0.717) is 16.2 Å². The summed E-state index contributed by atoms with van der Waals surface area (Å²) in [6.45, 7) is 3.78. The third-order valence-electron chi connectivity index (χ3n) is 3.69. The lowest BCUT2D eigenvalue weighted by Crippen LogP contribution is -2.24. The number of rotatable bonds is 4. The van der Waals surface area contributed by atoms with Crippen LogP contribution in [-0.4, -0.2) is 27.2 Å². The van der Waals surface area contributed by atoms with E-state index in [1.807, 2.05) is 31.2 Å². The minimum Gasteiger partial charge on any atom is -0.462 e. The first-order chi connectivity index (χ1) is 13.0. The summed E-state index contributed by atoms with van der Waals surface area (Å²) in [5.41, 5.74) is 1.36. The number of benzene rings is 1. The zero-order valence-electron chi connectivity index (χ0n) is 14.8. The van der Waals surface area contributed by atoms with Gasteiger partial charge in [-0.2, -0.15) is 0 Å². The smallest absolute Gasteiger partial charge is 0.345 e. The zero-order valence-corrected chi connectivity index (χ0v) is 15.6. The van der Waals surface area contributed by atoms with Crippen LogP contribution in [0.15, 0.2) is 58.5 Å². The second-order valence-corrected chi connectivity index (χ2v) is 6.66. The van der Waals surface area contributed by atoms with Gasteiger partial charge in [0.15, 0.2) is 5.65 Å². The van der Waals surface area contributed by atoms with Crippen LogP contribution in [0.25, 0.3) is 5.65 Å². The number of carbonyl (C=O) groups excluding carboxylic acids is 2. The summed E-state index contributed by atoms with van der Waals surface area (Å²) in [5.74, 6) is -0.723. The van der Waals surface area contributed by atoms with Gasteiger partial charge in [0.1, 0.15) is 5.56 Å². The Morgan fingerprint density at radius 2 is 1.96 bits per heavy atom. The van der Waals surface area contributed by atoms with Crippen LogP contribution in [0.3, 0.4) is 0 Å². The molecule has 1 N–H and O–H groups in total. The van der Waals surface area contributed by atoms with Gasteiger partial charge >= 0.3 is 5.97 Å². The zero-order chi connectivity index (χ0) is 19.4. The first kappa shape index (κ1) is 18.7. The number of nitrogens with one attached hydrogen (secondary N) is 1. The van der Waals surface area contributed by atoms with Crippen LogP contribution in [0.4, 0.5) is 10.5 Å². The number of carbonyl (C=O) groups is 2. The van der Waals surface area contributed by atoms with Gasteiger partial charge < -0.3 is 10.1 Å². The minimum atomic E-state index is -0.723. The van der Waals surface area contributed by atoms with Gasteiger partial charge in [-0.3, -0.25) is 14.0 Å². The van der Waals surface area contributed by atoms with Crippen molar-refractivity contribution in [3.63, 3.8) is 0 Å². The lowest BCUT2D eigenvalue weighted by Gasteiger charge is -2.08. The Labute approximate surface area is 159 Å². The molecule has 0 atom stereocenters. The van der Waals surface area contributed by atoms with Crippen LogP contribution in [0.1, 0.15) is 22.8 Å². The van der Waals surface area contributed by atoms with Crippen LogP contribution in [0.5, 0.6) is 0 Å². The average molecular weight is 383 g/mol. The number of anilines is 1. The van der Waals surface area contributed by atoms with E-state index >= 15 is 0 Å². The van der Waals surface area contributed by atoms with Gasteiger partial charge in [0.25, 0.3) is 10.8 Å². The Hall–Kier alpha value is -3.13. The third kappa shape index (κ3) is 4.17. The molecule has 0 aliphatic carbocycles. The molecule has 0 radical (unpaired) electrons. The van der Waals surface area contributed by atoms with Gasteiger partial charge in [-0.25, -0.2) is 9.78 Å². The van der Waals surface area contributed by atoms with Gasteiger partial charge in [0.05, 0.1) is 11.5 Å². The van der Waals surface area contributed by atoms with Crippen molar-refractivity contribution < 1.29 is 14.3 Å². The highest BCUT2D eigenvalue weighted by Crippen LogP contribution is 2.24. The summed E-state index contributed by atoms with van der Waals surface area (Å²) in [7, 11) is 0. The van der Waals surface area contributed by atoms with E-state index in [9.17, 15) is 14.4 Å². The molecule has 1 amide bonds. The quantitative estimate of drug-likeness (QED) is 0.548. The first-order valence-corrected chi connectivity index (χ1v) is 9.04. The van der Waals surface area contributed by atoms with E-state index in [-0.39, 0.29) is 17.4 Å². The Morgan fingerprint density at radius 3 is 2.67 bits per heavy atom. The highest BCUT2D eigenvalue weighted by atomic mass is 32.2. The molecule has 0 aliphatic heterocycles. The molecule has 0 bridgehead atoms. The van der Waals surface area contributed by atoms with Crippen LogP contribution in [-0.2, 0) is 4.74 Å². The van der Waals surface area contributed by atoms with Crippen molar-refractivity contribution in [1.82, 2.24) is 9.38 Å². The number of aromatic nitrogens is 2. The maximum absolute atomic E-state index is 12.5. The second kappa shape index (κ2) is 8.05. The minimum absolute atomic E-state index is 0.152. The number of hydrogen-bond donors (Lipinski definition) is 1. The largest absolute Gasteiger partial charge is 0.462 e. The Morgan fingerprint density at radius 1 is 1.22 bits per heavy atom. The molecule has 3 aromatic rings. The van der Waals surface area contributed by atoms with Crippen molar-refractivity contribution in [3.8, 4) is 0 Å². The van der Waals surface area contributed by atoms with E-state index in [4.69, 9.17) is 4.74 Å². The van der Waals surface area contributed by atoms with Crippen molar-refractivity contribution >= 4 is 34.3 Å². The summed E-state index contributed by atoms with van der Waals surface area (Å²) >= 11 is 0.917. The molecule has 0 saturated heterocycles. The molecule has 0 saturated carbocycles. The highest BCUT2D eigenvalue weighted by molar-refractivity contribution is 8.14. The number of pyridine rings is 1. The number of aryl methyl sites for hydroxylation is 1. The summed E-state index contributed by atoms with van der Waals surface area (Å²) in [6, 6.07) is 10.7. The van der Waals surface area contributed by atoms with Gasteiger partial charge in [-0.1, -0.05) is 17.7 Å². The van der Waals surface area contributed by atoms with Crippen molar-refractivity contribution in [2.75, 3.05) is 11.9 Å². The molecule has 138 valence electrons. The molecule has 1 aromatic carbocycles. The van der Waals surface area contributed by atoms with Crippen LogP contribution in [0, 0.1) is 6.92 Å². The average Bonchev–Trinajstić information content (AvgIpc) is 2.64. The first-order valence-electron chi connectivity index (χ1n) is 8.22. The molecule has 3 rings (SSSR count). The fraction of sp³-hybridized carbons (Fsp3) is 0.158. The SMILES string of the molecule is CCOC(=O)c1cnc2c(SC(=O)Nc3ccc(C)cc3)cccn2c1=O. The number of esters is 1. The Balaban J connectivity index is 1.87. The van der Waals surface area contributed by atoms with E-state index in [1.54, 1.807) is 19.1 Å². The van der Waals surface area contributed by atoms with E-state index < -0.39 is 11.5 Å². The number of ether oxygens (including phenoxy) is 1. The van der Waals surface area contributed by atoms with Crippen LogP contribution < -0.4 is 10.9 Å². The highest BCUT2D eigenvalue weighted by Gasteiger charge is 2.17. The van der Waals surface area contributed by atoms with Crippen molar-refractivity contribution in [1.29, 1.82) is 0 Å². The standard InChI is InChI=1S/C19H17N3O4S/c1-3-26-18(24)14-11-20-16-15(5-4-10-22(16)17(14)23)27-19(25)21-13-8-6-12(2)7-9-13/h4-11H,3H2,1-2H3,(H,21,25). The molecular formula is C19H17N3O4S. The fourth-order valence-electron chi connectivity index (χ4n) is 2.39.